The van der Waals surface area contributed by atoms with E-state index in [1.165, 1.54) is 6.07 Å². The lowest BCUT2D eigenvalue weighted by molar-refractivity contribution is 0.613. The highest BCUT2D eigenvalue weighted by molar-refractivity contribution is 6.04. The minimum absolute atomic E-state index is 0.147. The molecule has 0 spiro atoms. The molecule has 0 radical (unpaired) electrons. The Morgan fingerprint density at radius 3 is 2.92 bits per heavy atom. The predicted molar refractivity (Wildman–Crippen MR) is 45.4 cm³/mol. The lowest BCUT2D eigenvalue weighted by Gasteiger charge is -1.98. The SMILES string of the molecule is NN=C1CCc2c(F)cccc21. The Bertz CT molecular complexity index is 344. The van der Waals surface area contributed by atoms with E-state index in [1.807, 2.05) is 6.07 Å². The number of nitrogens with zero attached hydrogens (tertiary/aromatic N) is 1. The number of nitrogens with two attached hydrogens (primary N) is 1. The summed E-state index contributed by atoms with van der Waals surface area (Å²) in [6.07, 6.45) is 1.48. The number of hydrogen-bond acceptors (Lipinski definition) is 2. The molecule has 0 aromatic heterocycles. The average Bonchev–Trinajstić information content (AvgIpc) is 2.49. The Balaban J connectivity index is 2.61. The van der Waals surface area contributed by atoms with Gasteiger partial charge >= 0.3 is 0 Å². The molecule has 2 nitrogen and oxygen atoms in total. The normalized spacial score (nSPS) is 18.2. The first-order valence-electron chi connectivity index (χ1n) is 3.87. The van der Waals surface area contributed by atoms with Crippen molar-refractivity contribution in [1.29, 1.82) is 0 Å². The highest BCUT2D eigenvalue weighted by atomic mass is 19.1. The van der Waals surface area contributed by atoms with Crippen molar-refractivity contribution in [1.82, 2.24) is 0 Å². The molecule has 2 rings (SSSR count). The first-order chi connectivity index (χ1) is 5.83. The van der Waals surface area contributed by atoms with Gasteiger partial charge < -0.3 is 5.84 Å². The second-order valence-corrected chi connectivity index (χ2v) is 2.84. The van der Waals surface area contributed by atoms with Gasteiger partial charge in [-0.2, -0.15) is 5.10 Å². The maximum atomic E-state index is 13.1. The van der Waals surface area contributed by atoms with Crippen LogP contribution in [0.4, 0.5) is 4.39 Å². The Morgan fingerprint density at radius 2 is 2.17 bits per heavy atom. The Labute approximate surface area is 69.9 Å². The number of benzene rings is 1. The number of hydrazone groups is 1. The van der Waals surface area contributed by atoms with E-state index in [9.17, 15) is 4.39 Å². The summed E-state index contributed by atoms with van der Waals surface area (Å²) in [5, 5.41) is 3.62. The van der Waals surface area contributed by atoms with Crippen LogP contribution in [0.3, 0.4) is 0 Å². The monoisotopic (exact) mass is 164 g/mol. The van der Waals surface area contributed by atoms with E-state index in [0.29, 0.717) is 0 Å². The number of rotatable bonds is 0. The predicted octanol–water partition coefficient (Wildman–Crippen LogP) is 1.43. The van der Waals surface area contributed by atoms with Gasteiger partial charge in [0, 0.05) is 5.56 Å². The van der Waals surface area contributed by atoms with Gasteiger partial charge in [0.15, 0.2) is 0 Å². The lowest BCUT2D eigenvalue weighted by atomic mass is 10.1. The molecule has 1 aromatic carbocycles. The minimum Gasteiger partial charge on any atom is -0.323 e. The van der Waals surface area contributed by atoms with Gasteiger partial charge in [-0.15, -0.1) is 0 Å². The van der Waals surface area contributed by atoms with Crippen LogP contribution < -0.4 is 5.84 Å². The molecule has 0 atom stereocenters. The van der Waals surface area contributed by atoms with Gasteiger partial charge in [0.25, 0.3) is 0 Å². The van der Waals surface area contributed by atoms with Crippen LogP contribution in [0.15, 0.2) is 23.3 Å². The molecule has 1 aliphatic carbocycles. The molecule has 0 saturated carbocycles. The van der Waals surface area contributed by atoms with Gasteiger partial charge in [0.1, 0.15) is 5.82 Å². The van der Waals surface area contributed by atoms with Crippen LogP contribution in [0.25, 0.3) is 0 Å². The fourth-order valence-corrected chi connectivity index (χ4v) is 1.60. The molecule has 3 heteroatoms. The number of fused-ring (bicyclic) bond motifs is 1. The van der Waals surface area contributed by atoms with E-state index in [0.717, 1.165) is 29.7 Å². The zero-order chi connectivity index (χ0) is 8.55. The summed E-state index contributed by atoms with van der Waals surface area (Å²) in [6.45, 7) is 0. The van der Waals surface area contributed by atoms with Gasteiger partial charge in [0.2, 0.25) is 0 Å². The molecule has 12 heavy (non-hydrogen) atoms. The van der Waals surface area contributed by atoms with Crippen LogP contribution in [0.2, 0.25) is 0 Å². The van der Waals surface area contributed by atoms with Crippen molar-refractivity contribution in [3.05, 3.63) is 35.1 Å². The van der Waals surface area contributed by atoms with Crippen molar-refractivity contribution >= 4 is 5.71 Å². The first kappa shape index (κ1) is 7.28. The molecule has 0 unspecified atom stereocenters. The van der Waals surface area contributed by atoms with Crippen LogP contribution in [0.1, 0.15) is 17.5 Å². The molecule has 1 aliphatic rings. The van der Waals surface area contributed by atoms with Gasteiger partial charge in [-0.05, 0) is 24.5 Å². The highest BCUT2D eigenvalue weighted by Gasteiger charge is 2.19. The molecular weight excluding hydrogens is 155 g/mol. The van der Waals surface area contributed by atoms with E-state index in [-0.39, 0.29) is 5.82 Å². The molecule has 0 fully saturated rings. The Morgan fingerprint density at radius 1 is 1.33 bits per heavy atom. The minimum atomic E-state index is -0.147. The van der Waals surface area contributed by atoms with Crippen LogP contribution in [0, 0.1) is 5.82 Å². The number of hydrogen-bond donors (Lipinski definition) is 1. The van der Waals surface area contributed by atoms with Crippen molar-refractivity contribution in [2.75, 3.05) is 0 Å². The van der Waals surface area contributed by atoms with Gasteiger partial charge in [0.05, 0.1) is 5.71 Å². The molecule has 0 saturated heterocycles. The van der Waals surface area contributed by atoms with Crippen molar-refractivity contribution < 1.29 is 4.39 Å². The van der Waals surface area contributed by atoms with Gasteiger partial charge in [-0.1, -0.05) is 12.1 Å². The summed E-state index contributed by atoms with van der Waals surface area (Å²) in [4.78, 5) is 0. The molecule has 1 aromatic rings. The second-order valence-electron chi connectivity index (χ2n) is 2.84. The maximum absolute atomic E-state index is 13.1. The summed E-state index contributed by atoms with van der Waals surface area (Å²) < 4.78 is 13.1. The average molecular weight is 164 g/mol. The molecule has 0 bridgehead atoms. The molecule has 62 valence electrons. The standard InChI is InChI=1S/C9H9FN2/c10-8-3-1-2-7-6(8)4-5-9(7)12-11/h1-3H,4-5,11H2. The largest absolute Gasteiger partial charge is 0.323 e. The van der Waals surface area contributed by atoms with E-state index in [1.54, 1.807) is 6.07 Å². The van der Waals surface area contributed by atoms with Crippen LogP contribution >= 0.6 is 0 Å². The quantitative estimate of drug-likeness (QED) is 0.457. The van der Waals surface area contributed by atoms with Gasteiger partial charge in [-0.25, -0.2) is 4.39 Å². The smallest absolute Gasteiger partial charge is 0.127 e. The second kappa shape index (κ2) is 2.59. The lowest BCUT2D eigenvalue weighted by Crippen LogP contribution is -1.98. The van der Waals surface area contributed by atoms with Crippen LogP contribution in [0.5, 0.6) is 0 Å². The topological polar surface area (TPSA) is 38.4 Å². The molecule has 2 N–H and O–H groups in total. The van der Waals surface area contributed by atoms with Crippen molar-refractivity contribution in [3.63, 3.8) is 0 Å². The summed E-state index contributed by atoms with van der Waals surface area (Å²) in [7, 11) is 0. The van der Waals surface area contributed by atoms with Crippen LogP contribution in [-0.2, 0) is 6.42 Å². The Kier molecular flexibility index (Phi) is 1.57. The summed E-state index contributed by atoms with van der Waals surface area (Å²) >= 11 is 0. The first-order valence-corrected chi connectivity index (χ1v) is 3.87. The fraction of sp³-hybridized carbons (Fsp3) is 0.222. The highest BCUT2D eigenvalue weighted by Crippen LogP contribution is 2.24. The third kappa shape index (κ3) is 0.897. The third-order valence-electron chi connectivity index (χ3n) is 2.20. The zero-order valence-electron chi connectivity index (χ0n) is 6.55. The molecular formula is C9H9FN2. The van der Waals surface area contributed by atoms with Crippen molar-refractivity contribution in [2.45, 2.75) is 12.8 Å². The molecule has 0 heterocycles. The van der Waals surface area contributed by atoms with Gasteiger partial charge in [-0.3, -0.25) is 0 Å². The maximum Gasteiger partial charge on any atom is 0.127 e. The van der Waals surface area contributed by atoms with Crippen LogP contribution in [-0.4, -0.2) is 5.71 Å². The summed E-state index contributed by atoms with van der Waals surface area (Å²) in [5.74, 6) is 5.02. The Hall–Kier alpha value is -1.38. The van der Waals surface area contributed by atoms with Crippen molar-refractivity contribution in [3.8, 4) is 0 Å². The van der Waals surface area contributed by atoms with E-state index >= 15 is 0 Å². The fourth-order valence-electron chi connectivity index (χ4n) is 1.60. The van der Waals surface area contributed by atoms with E-state index < -0.39 is 0 Å². The summed E-state index contributed by atoms with van der Waals surface area (Å²) in [6, 6.07) is 5.01. The summed E-state index contributed by atoms with van der Waals surface area (Å²) in [5.41, 5.74) is 2.43. The van der Waals surface area contributed by atoms with Crippen molar-refractivity contribution in [2.24, 2.45) is 10.9 Å². The molecule has 0 aliphatic heterocycles. The van der Waals surface area contributed by atoms with E-state index in [4.69, 9.17) is 5.84 Å². The zero-order valence-corrected chi connectivity index (χ0v) is 6.55. The van der Waals surface area contributed by atoms with E-state index in [2.05, 4.69) is 5.10 Å². The molecule has 0 amide bonds. The number of halogens is 1. The third-order valence-corrected chi connectivity index (χ3v) is 2.20.